The largest absolute Gasteiger partial charge is 0.481 e. The quantitative estimate of drug-likeness (QED) is 0.627. The third-order valence-electron chi connectivity index (χ3n) is 2.31. The van der Waals surface area contributed by atoms with Crippen LogP contribution in [0.2, 0.25) is 0 Å². The van der Waals surface area contributed by atoms with Gasteiger partial charge in [0.1, 0.15) is 0 Å². The molecule has 0 aromatic carbocycles. The number of aliphatic carboxylic acids is 1. The van der Waals surface area contributed by atoms with E-state index in [1.54, 1.807) is 0 Å². The molecule has 72 valence electrons. The van der Waals surface area contributed by atoms with Crippen molar-refractivity contribution in [1.29, 1.82) is 0 Å². The van der Waals surface area contributed by atoms with Gasteiger partial charge in [-0.1, -0.05) is 6.58 Å². The van der Waals surface area contributed by atoms with Crippen molar-refractivity contribution < 1.29 is 14.7 Å². The highest BCUT2D eigenvalue weighted by atomic mass is 16.4. The molecular weight excluding hydrogens is 170 g/mol. The summed E-state index contributed by atoms with van der Waals surface area (Å²) >= 11 is 0. The molecule has 13 heavy (non-hydrogen) atoms. The standard InChI is InChI=1S/C9H13NO3/c1-2-8(11)10-7-4-3-6(5-7)9(12)13/h2,6-7H,1,3-5H2,(H,10,11)(H,12,13)/t6-,7+/m1/s1. The molecule has 0 saturated heterocycles. The van der Waals surface area contributed by atoms with E-state index in [4.69, 9.17) is 5.11 Å². The van der Waals surface area contributed by atoms with Gasteiger partial charge in [-0.2, -0.15) is 0 Å². The second-order valence-electron chi connectivity index (χ2n) is 3.26. The maximum absolute atomic E-state index is 10.9. The molecule has 0 aliphatic heterocycles. The summed E-state index contributed by atoms with van der Waals surface area (Å²) in [5.41, 5.74) is 0. The lowest BCUT2D eigenvalue weighted by molar-refractivity contribution is -0.141. The first kappa shape index (κ1) is 9.77. The minimum atomic E-state index is -0.768. The third kappa shape index (κ3) is 2.57. The summed E-state index contributed by atoms with van der Waals surface area (Å²) in [5, 5.41) is 11.4. The van der Waals surface area contributed by atoms with Crippen LogP contribution in [-0.2, 0) is 9.59 Å². The molecule has 0 unspecified atom stereocenters. The molecule has 1 rings (SSSR count). The highest BCUT2D eigenvalue weighted by Gasteiger charge is 2.29. The van der Waals surface area contributed by atoms with Gasteiger partial charge in [0.25, 0.3) is 0 Å². The molecule has 0 heterocycles. The maximum Gasteiger partial charge on any atom is 0.306 e. The number of rotatable bonds is 3. The minimum Gasteiger partial charge on any atom is -0.481 e. The molecule has 0 bridgehead atoms. The molecule has 1 fully saturated rings. The van der Waals surface area contributed by atoms with E-state index in [2.05, 4.69) is 11.9 Å². The molecule has 4 heteroatoms. The zero-order valence-corrected chi connectivity index (χ0v) is 7.32. The first-order valence-corrected chi connectivity index (χ1v) is 4.29. The summed E-state index contributed by atoms with van der Waals surface area (Å²) in [7, 11) is 0. The molecule has 1 amide bonds. The summed E-state index contributed by atoms with van der Waals surface area (Å²) in [6.07, 6.45) is 3.14. The van der Waals surface area contributed by atoms with Crippen LogP contribution >= 0.6 is 0 Å². The first-order chi connectivity index (χ1) is 6.13. The molecule has 1 aliphatic carbocycles. The van der Waals surface area contributed by atoms with Crippen molar-refractivity contribution in [2.75, 3.05) is 0 Å². The Hall–Kier alpha value is -1.32. The Kier molecular flexibility index (Phi) is 3.06. The average molecular weight is 183 g/mol. The number of nitrogens with one attached hydrogen (secondary N) is 1. The fourth-order valence-electron chi connectivity index (χ4n) is 1.60. The molecule has 0 aromatic rings. The van der Waals surface area contributed by atoms with E-state index in [9.17, 15) is 9.59 Å². The predicted molar refractivity (Wildman–Crippen MR) is 47.1 cm³/mol. The Morgan fingerprint density at radius 1 is 1.46 bits per heavy atom. The maximum atomic E-state index is 10.9. The Bertz CT molecular complexity index is 237. The normalized spacial score (nSPS) is 26.8. The van der Waals surface area contributed by atoms with Crippen molar-refractivity contribution in [2.45, 2.75) is 25.3 Å². The molecule has 0 spiro atoms. The van der Waals surface area contributed by atoms with Crippen molar-refractivity contribution in [3.63, 3.8) is 0 Å². The summed E-state index contributed by atoms with van der Waals surface area (Å²) in [6.45, 7) is 3.33. The van der Waals surface area contributed by atoms with Gasteiger partial charge in [0.15, 0.2) is 0 Å². The van der Waals surface area contributed by atoms with Crippen molar-refractivity contribution in [1.82, 2.24) is 5.32 Å². The van der Waals surface area contributed by atoms with Crippen molar-refractivity contribution in [2.24, 2.45) is 5.92 Å². The Balaban J connectivity index is 2.37. The van der Waals surface area contributed by atoms with E-state index < -0.39 is 5.97 Å². The number of carbonyl (C=O) groups excluding carboxylic acids is 1. The number of hydrogen-bond acceptors (Lipinski definition) is 2. The fraction of sp³-hybridized carbons (Fsp3) is 0.556. The van der Waals surface area contributed by atoms with Gasteiger partial charge >= 0.3 is 5.97 Å². The van der Waals surface area contributed by atoms with Crippen LogP contribution in [-0.4, -0.2) is 23.0 Å². The smallest absolute Gasteiger partial charge is 0.306 e. The number of carboxylic acids is 1. The first-order valence-electron chi connectivity index (χ1n) is 4.29. The van der Waals surface area contributed by atoms with Crippen molar-refractivity contribution in [3.05, 3.63) is 12.7 Å². The van der Waals surface area contributed by atoms with E-state index >= 15 is 0 Å². The predicted octanol–water partition coefficient (Wildman–Crippen LogP) is 0.542. The van der Waals surface area contributed by atoms with E-state index in [0.29, 0.717) is 12.8 Å². The lowest BCUT2D eigenvalue weighted by Crippen LogP contribution is -2.31. The number of amides is 1. The summed E-state index contributed by atoms with van der Waals surface area (Å²) in [4.78, 5) is 21.4. The van der Waals surface area contributed by atoms with Crippen LogP contribution in [0.4, 0.5) is 0 Å². The van der Waals surface area contributed by atoms with Crippen LogP contribution in [0.5, 0.6) is 0 Å². The van der Waals surface area contributed by atoms with Crippen LogP contribution in [0, 0.1) is 5.92 Å². The summed E-state index contributed by atoms with van der Waals surface area (Å²) in [6, 6.07) is 0.00611. The van der Waals surface area contributed by atoms with E-state index in [1.807, 2.05) is 0 Å². The van der Waals surface area contributed by atoms with E-state index in [-0.39, 0.29) is 17.9 Å². The minimum absolute atomic E-state index is 0.00611. The topological polar surface area (TPSA) is 66.4 Å². The van der Waals surface area contributed by atoms with Gasteiger partial charge in [0, 0.05) is 6.04 Å². The van der Waals surface area contributed by atoms with Crippen LogP contribution in [0.25, 0.3) is 0 Å². The van der Waals surface area contributed by atoms with Gasteiger partial charge in [0.05, 0.1) is 5.92 Å². The van der Waals surface area contributed by atoms with Crippen molar-refractivity contribution >= 4 is 11.9 Å². The molecule has 2 N–H and O–H groups in total. The molecule has 0 radical (unpaired) electrons. The molecule has 1 aliphatic rings. The fourth-order valence-corrected chi connectivity index (χ4v) is 1.60. The molecule has 2 atom stereocenters. The monoisotopic (exact) mass is 183 g/mol. The molecule has 1 saturated carbocycles. The lowest BCUT2D eigenvalue weighted by Gasteiger charge is -2.09. The van der Waals surface area contributed by atoms with Gasteiger partial charge in [-0.15, -0.1) is 0 Å². The Morgan fingerprint density at radius 3 is 2.62 bits per heavy atom. The van der Waals surface area contributed by atoms with Gasteiger partial charge in [-0.3, -0.25) is 9.59 Å². The highest BCUT2D eigenvalue weighted by Crippen LogP contribution is 2.25. The zero-order chi connectivity index (χ0) is 9.84. The highest BCUT2D eigenvalue weighted by molar-refractivity contribution is 5.87. The Labute approximate surface area is 76.6 Å². The second-order valence-corrected chi connectivity index (χ2v) is 3.26. The average Bonchev–Trinajstić information content (AvgIpc) is 2.52. The van der Waals surface area contributed by atoms with Crippen molar-refractivity contribution in [3.8, 4) is 0 Å². The summed E-state index contributed by atoms with van der Waals surface area (Å²) < 4.78 is 0. The number of carboxylic acid groups (broad SMARTS) is 1. The molecular formula is C9H13NO3. The van der Waals surface area contributed by atoms with Gasteiger partial charge in [-0.25, -0.2) is 0 Å². The van der Waals surface area contributed by atoms with Crippen LogP contribution < -0.4 is 5.32 Å². The zero-order valence-electron chi connectivity index (χ0n) is 7.32. The second kappa shape index (κ2) is 4.07. The Morgan fingerprint density at radius 2 is 2.15 bits per heavy atom. The number of carbonyl (C=O) groups is 2. The number of hydrogen-bond donors (Lipinski definition) is 2. The summed E-state index contributed by atoms with van der Waals surface area (Å²) in [5.74, 6) is -1.29. The van der Waals surface area contributed by atoms with Gasteiger partial charge in [-0.05, 0) is 25.3 Å². The molecule has 0 aromatic heterocycles. The van der Waals surface area contributed by atoms with Gasteiger partial charge in [0.2, 0.25) is 5.91 Å². The lowest BCUT2D eigenvalue weighted by atomic mass is 10.1. The molecule has 4 nitrogen and oxygen atoms in total. The van der Waals surface area contributed by atoms with Gasteiger partial charge < -0.3 is 10.4 Å². The SMILES string of the molecule is C=CC(=O)N[C@H]1CC[C@@H](C(=O)O)C1. The third-order valence-corrected chi connectivity index (χ3v) is 2.31. The van der Waals surface area contributed by atoms with Crippen LogP contribution in [0.15, 0.2) is 12.7 Å². The van der Waals surface area contributed by atoms with Crippen LogP contribution in [0.1, 0.15) is 19.3 Å². The van der Waals surface area contributed by atoms with E-state index in [1.165, 1.54) is 6.08 Å². The van der Waals surface area contributed by atoms with Crippen LogP contribution in [0.3, 0.4) is 0 Å². The van der Waals surface area contributed by atoms with E-state index in [0.717, 1.165) is 6.42 Å².